The summed E-state index contributed by atoms with van der Waals surface area (Å²) in [5.74, 6) is 0.949. The van der Waals surface area contributed by atoms with E-state index in [1.54, 1.807) is 12.1 Å². The average molecular weight is 313 g/mol. The molecule has 0 aliphatic carbocycles. The molecule has 6 heteroatoms. The first-order chi connectivity index (χ1) is 10.1. The van der Waals surface area contributed by atoms with Gasteiger partial charge in [-0.25, -0.2) is 0 Å². The van der Waals surface area contributed by atoms with E-state index in [2.05, 4.69) is 11.9 Å². The molecular formula is C15H21ClN2O3. The Bertz CT molecular complexity index is 514. The monoisotopic (exact) mass is 312 g/mol. The number of methoxy groups -OCH3 is 1. The number of hydrogen-bond acceptors (Lipinski definition) is 4. The lowest BCUT2D eigenvalue weighted by atomic mass is 10.1. The van der Waals surface area contributed by atoms with Gasteiger partial charge in [-0.15, -0.1) is 0 Å². The Labute approximate surface area is 130 Å². The number of carbonyl (C=O) groups is 1. The van der Waals surface area contributed by atoms with Crippen molar-refractivity contribution in [2.75, 3.05) is 46.9 Å². The van der Waals surface area contributed by atoms with Gasteiger partial charge in [-0.2, -0.15) is 0 Å². The second kappa shape index (κ2) is 7.00. The van der Waals surface area contributed by atoms with Crippen LogP contribution in [0.1, 0.15) is 17.3 Å². The van der Waals surface area contributed by atoms with E-state index >= 15 is 0 Å². The van der Waals surface area contributed by atoms with E-state index in [1.807, 2.05) is 11.8 Å². The zero-order chi connectivity index (χ0) is 15.4. The van der Waals surface area contributed by atoms with Gasteiger partial charge >= 0.3 is 0 Å². The Morgan fingerprint density at radius 1 is 1.29 bits per heavy atom. The smallest absolute Gasteiger partial charge is 0.254 e. The highest BCUT2D eigenvalue weighted by atomic mass is 35.5. The zero-order valence-corrected chi connectivity index (χ0v) is 13.4. The third-order valence-electron chi connectivity index (χ3n) is 3.56. The molecule has 0 unspecified atom stereocenters. The van der Waals surface area contributed by atoms with Crippen molar-refractivity contribution in [2.24, 2.45) is 0 Å². The molecular weight excluding hydrogens is 292 g/mol. The van der Waals surface area contributed by atoms with E-state index in [4.69, 9.17) is 21.1 Å². The second-order valence-corrected chi connectivity index (χ2v) is 5.43. The topological polar surface area (TPSA) is 42.0 Å². The van der Waals surface area contributed by atoms with Crippen LogP contribution in [0.15, 0.2) is 12.1 Å². The molecule has 5 nitrogen and oxygen atoms in total. The van der Waals surface area contributed by atoms with Crippen LogP contribution >= 0.6 is 11.6 Å². The predicted molar refractivity (Wildman–Crippen MR) is 82.6 cm³/mol. The molecule has 0 N–H and O–H groups in total. The summed E-state index contributed by atoms with van der Waals surface area (Å²) in [7, 11) is 3.59. The van der Waals surface area contributed by atoms with Gasteiger partial charge in [0.25, 0.3) is 5.91 Å². The molecule has 0 atom stereocenters. The summed E-state index contributed by atoms with van der Waals surface area (Å²) in [6.45, 7) is 5.58. The van der Waals surface area contributed by atoms with E-state index in [-0.39, 0.29) is 5.91 Å². The van der Waals surface area contributed by atoms with Gasteiger partial charge in [-0.3, -0.25) is 4.79 Å². The Hall–Kier alpha value is -1.46. The fourth-order valence-electron chi connectivity index (χ4n) is 2.32. The maximum absolute atomic E-state index is 12.5. The first-order valence-corrected chi connectivity index (χ1v) is 7.42. The molecule has 1 heterocycles. The number of ether oxygens (including phenoxy) is 2. The molecule has 0 spiro atoms. The van der Waals surface area contributed by atoms with Crippen molar-refractivity contribution in [3.05, 3.63) is 22.7 Å². The van der Waals surface area contributed by atoms with Crippen LogP contribution in [0.4, 0.5) is 0 Å². The first kappa shape index (κ1) is 15.9. The number of hydrogen-bond donors (Lipinski definition) is 0. The highest BCUT2D eigenvalue weighted by Crippen LogP contribution is 2.36. The lowest BCUT2D eigenvalue weighted by Crippen LogP contribution is -2.47. The largest absolute Gasteiger partial charge is 0.493 e. The molecule has 0 bridgehead atoms. The fourth-order valence-corrected chi connectivity index (χ4v) is 2.59. The standard InChI is InChI=1S/C15H21ClN2O3/c1-4-21-14-12(16)9-11(10-13(14)20-3)15(19)18-7-5-17(2)6-8-18/h9-10H,4-8H2,1-3H3. The van der Waals surface area contributed by atoms with Crippen molar-refractivity contribution in [1.29, 1.82) is 0 Å². The number of benzene rings is 1. The minimum absolute atomic E-state index is 0.0219. The molecule has 1 aliphatic rings. The minimum Gasteiger partial charge on any atom is -0.493 e. The predicted octanol–water partition coefficient (Wildman–Crippen LogP) is 2.13. The van der Waals surface area contributed by atoms with E-state index < -0.39 is 0 Å². The Morgan fingerprint density at radius 3 is 2.52 bits per heavy atom. The third-order valence-corrected chi connectivity index (χ3v) is 3.84. The van der Waals surface area contributed by atoms with Crippen molar-refractivity contribution in [2.45, 2.75) is 6.92 Å². The van der Waals surface area contributed by atoms with Crippen LogP contribution in [-0.4, -0.2) is 62.7 Å². The quantitative estimate of drug-likeness (QED) is 0.854. The van der Waals surface area contributed by atoms with Gasteiger partial charge in [-0.1, -0.05) is 11.6 Å². The molecule has 2 rings (SSSR count). The van der Waals surface area contributed by atoms with Crippen LogP contribution in [0, 0.1) is 0 Å². The molecule has 1 saturated heterocycles. The molecule has 0 saturated carbocycles. The minimum atomic E-state index is -0.0219. The van der Waals surface area contributed by atoms with Crippen LogP contribution in [0.25, 0.3) is 0 Å². The number of amides is 1. The molecule has 1 aliphatic heterocycles. The summed E-state index contributed by atoms with van der Waals surface area (Å²) in [5.41, 5.74) is 0.532. The van der Waals surface area contributed by atoms with Gasteiger partial charge < -0.3 is 19.3 Å². The number of carbonyl (C=O) groups excluding carboxylic acids is 1. The van der Waals surface area contributed by atoms with Crippen LogP contribution in [0.3, 0.4) is 0 Å². The molecule has 0 radical (unpaired) electrons. The number of likely N-dealkylation sites (N-methyl/N-ethyl adjacent to an activating group) is 1. The maximum atomic E-state index is 12.5. The van der Waals surface area contributed by atoms with Gasteiger partial charge in [0.05, 0.1) is 18.7 Å². The SMILES string of the molecule is CCOc1c(Cl)cc(C(=O)N2CCN(C)CC2)cc1OC. The van der Waals surface area contributed by atoms with Crippen molar-refractivity contribution in [3.63, 3.8) is 0 Å². The van der Waals surface area contributed by atoms with Gasteiger partial charge in [0, 0.05) is 31.7 Å². The van der Waals surface area contributed by atoms with Crippen LogP contribution in [0.2, 0.25) is 5.02 Å². The summed E-state index contributed by atoms with van der Waals surface area (Å²) in [4.78, 5) is 16.6. The van der Waals surface area contributed by atoms with Crippen LogP contribution in [-0.2, 0) is 0 Å². The summed E-state index contributed by atoms with van der Waals surface area (Å²) in [6, 6.07) is 3.34. The molecule has 21 heavy (non-hydrogen) atoms. The van der Waals surface area contributed by atoms with Gasteiger partial charge in [0.2, 0.25) is 0 Å². The summed E-state index contributed by atoms with van der Waals surface area (Å²) in [6.07, 6.45) is 0. The number of nitrogens with zero attached hydrogens (tertiary/aromatic N) is 2. The molecule has 1 fully saturated rings. The highest BCUT2D eigenvalue weighted by molar-refractivity contribution is 6.32. The van der Waals surface area contributed by atoms with E-state index in [0.29, 0.717) is 28.7 Å². The van der Waals surface area contributed by atoms with Crippen molar-refractivity contribution in [3.8, 4) is 11.5 Å². The molecule has 0 aromatic heterocycles. The second-order valence-electron chi connectivity index (χ2n) is 5.02. The maximum Gasteiger partial charge on any atom is 0.254 e. The van der Waals surface area contributed by atoms with Crippen molar-refractivity contribution < 1.29 is 14.3 Å². The normalized spacial score (nSPS) is 15.9. The van der Waals surface area contributed by atoms with Crippen molar-refractivity contribution in [1.82, 2.24) is 9.80 Å². The Balaban J connectivity index is 2.23. The molecule has 116 valence electrons. The van der Waals surface area contributed by atoms with Crippen LogP contribution in [0.5, 0.6) is 11.5 Å². The van der Waals surface area contributed by atoms with Crippen molar-refractivity contribution >= 4 is 17.5 Å². The number of rotatable bonds is 4. The third kappa shape index (κ3) is 3.60. The number of piperazine rings is 1. The zero-order valence-electron chi connectivity index (χ0n) is 12.7. The Morgan fingerprint density at radius 2 is 1.95 bits per heavy atom. The average Bonchev–Trinajstić information content (AvgIpc) is 2.49. The molecule has 1 amide bonds. The highest BCUT2D eigenvalue weighted by Gasteiger charge is 2.22. The van der Waals surface area contributed by atoms with E-state index in [0.717, 1.165) is 26.2 Å². The molecule has 1 aromatic carbocycles. The summed E-state index contributed by atoms with van der Waals surface area (Å²) < 4.78 is 10.7. The lowest BCUT2D eigenvalue weighted by molar-refractivity contribution is 0.0663. The lowest BCUT2D eigenvalue weighted by Gasteiger charge is -2.32. The number of halogens is 1. The fraction of sp³-hybridized carbons (Fsp3) is 0.533. The van der Waals surface area contributed by atoms with Gasteiger partial charge in [0.15, 0.2) is 11.5 Å². The first-order valence-electron chi connectivity index (χ1n) is 7.05. The summed E-state index contributed by atoms with van der Waals surface area (Å²) in [5, 5.41) is 0.397. The van der Waals surface area contributed by atoms with E-state index in [9.17, 15) is 4.79 Å². The molecule has 1 aromatic rings. The van der Waals surface area contributed by atoms with Gasteiger partial charge in [0.1, 0.15) is 0 Å². The van der Waals surface area contributed by atoms with E-state index in [1.165, 1.54) is 7.11 Å². The van der Waals surface area contributed by atoms with Gasteiger partial charge in [-0.05, 0) is 26.1 Å². The summed E-state index contributed by atoms with van der Waals surface area (Å²) >= 11 is 6.21. The van der Waals surface area contributed by atoms with Crippen LogP contribution < -0.4 is 9.47 Å². The Kier molecular flexibility index (Phi) is 5.31.